The van der Waals surface area contributed by atoms with E-state index in [0.29, 0.717) is 5.92 Å². The normalized spacial score (nSPS) is 12.7. The Morgan fingerprint density at radius 1 is 1.53 bits per heavy atom. The molecule has 1 atom stereocenters. The number of anilines is 1. The topological polar surface area (TPSA) is 46.2 Å². The summed E-state index contributed by atoms with van der Waals surface area (Å²) in [4.78, 5) is 0. The van der Waals surface area contributed by atoms with E-state index in [9.17, 15) is 0 Å². The molecule has 1 unspecified atom stereocenters. The number of benzene rings is 1. The van der Waals surface area contributed by atoms with Gasteiger partial charge in [0.1, 0.15) is 0 Å². The highest BCUT2D eigenvalue weighted by Gasteiger charge is 2.05. The van der Waals surface area contributed by atoms with E-state index < -0.39 is 0 Å². The number of rotatable bonds is 5. The summed E-state index contributed by atoms with van der Waals surface area (Å²) in [5, 5.41) is 8.89. The zero-order valence-electron chi connectivity index (χ0n) is 8.74. The Balaban J connectivity index is 2.50. The van der Waals surface area contributed by atoms with Crippen LogP contribution in [0.2, 0.25) is 0 Å². The Bertz CT molecular complexity index is 299. The van der Waals surface area contributed by atoms with Crippen molar-refractivity contribution in [2.24, 2.45) is 5.92 Å². The van der Waals surface area contributed by atoms with Crippen LogP contribution in [0.3, 0.4) is 0 Å². The molecule has 0 saturated heterocycles. The molecule has 4 heteroatoms. The molecular formula is C11H16BrNOS. The van der Waals surface area contributed by atoms with Gasteiger partial charge in [-0.2, -0.15) is 11.8 Å². The summed E-state index contributed by atoms with van der Waals surface area (Å²) in [5.74, 6) is 2.19. The molecule has 0 aromatic heterocycles. The van der Waals surface area contributed by atoms with Gasteiger partial charge < -0.3 is 10.8 Å². The average Bonchev–Trinajstić information content (AvgIpc) is 2.22. The van der Waals surface area contributed by atoms with E-state index in [1.54, 1.807) is 11.8 Å². The molecule has 0 aliphatic rings. The van der Waals surface area contributed by atoms with Crippen molar-refractivity contribution in [1.82, 2.24) is 0 Å². The molecule has 1 aromatic carbocycles. The van der Waals surface area contributed by atoms with Gasteiger partial charge >= 0.3 is 0 Å². The van der Waals surface area contributed by atoms with Gasteiger partial charge in [0.15, 0.2) is 0 Å². The molecule has 15 heavy (non-hydrogen) atoms. The van der Waals surface area contributed by atoms with Crippen LogP contribution < -0.4 is 5.73 Å². The van der Waals surface area contributed by atoms with Crippen molar-refractivity contribution >= 4 is 33.4 Å². The maximum atomic E-state index is 8.89. The highest BCUT2D eigenvalue weighted by atomic mass is 79.9. The predicted molar refractivity (Wildman–Crippen MR) is 71.0 cm³/mol. The van der Waals surface area contributed by atoms with Crippen LogP contribution in [0.25, 0.3) is 0 Å². The molecule has 84 valence electrons. The lowest BCUT2D eigenvalue weighted by molar-refractivity contribution is 0.250. The van der Waals surface area contributed by atoms with Crippen molar-refractivity contribution in [2.75, 3.05) is 18.1 Å². The van der Waals surface area contributed by atoms with Crippen LogP contribution in [0.4, 0.5) is 5.69 Å². The number of hydrogen-bond donors (Lipinski definition) is 2. The summed E-state index contributed by atoms with van der Waals surface area (Å²) in [5.41, 5.74) is 7.85. The lowest BCUT2D eigenvalue weighted by Crippen LogP contribution is -2.04. The average molecular weight is 290 g/mol. The first-order valence-electron chi connectivity index (χ1n) is 4.86. The van der Waals surface area contributed by atoms with Crippen molar-refractivity contribution < 1.29 is 5.11 Å². The van der Waals surface area contributed by atoms with Crippen molar-refractivity contribution in [3.8, 4) is 0 Å². The van der Waals surface area contributed by atoms with Crippen LogP contribution in [0, 0.1) is 5.92 Å². The second kappa shape index (κ2) is 6.40. The first-order chi connectivity index (χ1) is 7.15. The Labute approximate surface area is 103 Å². The number of aliphatic hydroxyl groups excluding tert-OH is 1. The molecule has 0 heterocycles. The minimum Gasteiger partial charge on any atom is -0.398 e. The number of halogens is 1. The summed E-state index contributed by atoms with van der Waals surface area (Å²) in [6.07, 6.45) is 0. The van der Waals surface area contributed by atoms with Gasteiger partial charge in [0.2, 0.25) is 0 Å². The van der Waals surface area contributed by atoms with E-state index in [2.05, 4.69) is 15.9 Å². The molecule has 2 nitrogen and oxygen atoms in total. The third kappa shape index (κ3) is 4.05. The second-order valence-electron chi connectivity index (χ2n) is 3.61. The highest BCUT2D eigenvalue weighted by molar-refractivity contribution is 9.10. The molecule has 0 aliphatic heterocycles. The van der Waals surface area contributed by atoms with Crippen LogP contribution in [-0.2, 0) is 5.75 Å². The number of nitrogen functional groups attached to an aromatic ring is 1. The van der Waals surface area contributed by atoms with Gasteiger partial charge in [0.25, 0.3) is 0 Å². The maximum absolute atomic E-state index is 8.89. The summed E-state index contributed by atoms with van der Waals surface area (Å²) < 4.78 is 1.06. The molecule has 0 aliphatic carbocycles. The zero-order chi connectivity index (χ0) is 11.3. The van der Waals surface area contributed by atoms with E-state index >= 15 is 0 Å². The van der Waals surface area contributed by atoms with Crippen molar-refractivity contribution in [3.05, 3.63) is 28.2 Å². The van der Waals surface area contributed by atoms with E-state index in [1.807, 2.05) is 25.1 Å². The SMILES string of the molecule is CC(CO)CSCc1c(N)cccc1Br. The molecular weight excluding hydrogens is 274 g/mol. The minimum atomic E-state index is 0.248. The summed E-state index contributed by atoms with van der Waals surface area (Å²) in [6.45, 7) is 2.29. The molecule has 0 bridgehead atoms. The quantitative estimate of drug-likeness (QED) is 0.820. The third-order valence-electron chi connectivity index (χ3n) is 2.12. The summed E-state index contributed by atoms with van der Waals surface area (Å²) >= 11 is 5.29. The minimum absolute atomic E-state index is 0.248. The molecule has 0 saturated carbocycles. The van der Waals surface area contributed by atoms with Gasteiger partial charge in [-0.05, 0) is 29.4 Å². The van der Waals surface area contributed by atoms with Gasteiger partial charge in [0, 0.05) is 22.5 Å². The zero-order valence-corrected chi connectivity index (χ0v) is 11.1. The van der Waals surface area contributed by atoms with Crippen LogP contribution in [-0.4, -0.2) is 17.5 Å². The van der Waals surface area contributed by atoms with Gasteiger partial charge in [-0.1, -0.05) is 28.9 Å². The van der Waals surface area contributed by atoms with Crippen molar-refractivity contribution in [2.45, 2.75) is 12.7 Å². The fourth-order valence-corrected chi connectivity index (χ4v) is 3.00. The Hall–Kier alpha value is -0.190. The maximum Gasteiger partial charge on any atom is 0.0464 e. The van der Waals surface area contributed by atoms with E-state index in [4.69, 9.17) is 10.8 Å². The Kier molecular flexibility index (Phi) is 5.50. The second-order valence-corrected chi connectivity index (χ2v) is 5.50. The van der Waals surface area contributed by atoms with Crippen LogP contribution in [0.15, 0.2) is 22.7 Å². The summed E-state index contributed by atoms with van der Waals surface area (Å²) in [6, 6.07) is 5.85. The molecule has 0 spiro atoms. The fourth-order valence-electron chi connectivity index (χ4n) is 1.14. The Morgan fingerprint density at radius 3 is 2.87 bits per heavy atom. The first-order valence-corrected chi connectivity index (χ1v) is 6.81. The highest BCUT2D eigenvalue weighted by Crippen LogP contribution is 2.27. The Morgan fingerprint density at radius 2 is 2.27 bits per heavy atom. The smallest absolute Gasteiger partial charge is 0.0464 e. The van der Waals surface area contributed by atoms with Gasteiger partial charge in [-0.15, -0.1) is 0 Å². The predicted octanol–water partition coefficient (Wildman–Crippen LogP) is 2.89. The lowest BCUT2D eigenvalue weighted by atomic mass is 10.2. The van der Waals surface area contributed by atoms with Crippen LogP contribution in [0.5, 0.6) is 0 Å². The van der Waals surface area contributed by atoms with Gasteiger partial charge in [0.05, 0.1) is 0 Å². The van der Waals surface area contributed by atoms with E-state index in [1.165, 1.54) is 0 Å². The standard InChI is InChI=1S/C11H16BrNOS/c1-8(5-14)6-15-7-9-10(12)3-2-4-11(9)13/h2-4,8,14H,5-7,13H2,1H3. The molecule has 0 amide bonds. The number of nitrogens with two attached hydrogens (primary N) is 1. The number of thioether (sulfide) groups is 1. The monoisotopic (exact) mass is 289 g/mol. The van der Waals surface area contributed by atoms with E-state index in [0.717, 1.165) is 27.2 Å². The van der Waals surface area contributed by atoms with Gasteiger partial charge in [-0.3, -0.25) is 0 Å². The molecule has 1 rings (SSSR count). The first kappa shape index (κ1) is 12.9. The fraction of sp³-hybridized carbons (Fsp3) is 0.455. The molecule has 0 radical (unpaired) electrons. The van der Waals surface area contributed by atoms with E-state index in [-0.39, 0.29) is 6.61 Å². The van der Waals surface area contributed by atoms with Crippen LogP contribution in [0.1, 0.15) is 12.5 Å². The number of hydrogen-bond acceptors (Lipinski definition) is 3. The lowest BCUT2D eigenvalue weighted by Gasteiger charge is -2.10. The third-order valence-corrected chi connectivity index (χ3v) is 4.16. The number of aliphatic hydroxyl groups is 1. The van der Waals surface area contributed by atoms with Crippen molar-refractivity contribution in [3.63, 3.8) is 0 Å². The van der Waals surface area contributed by atoms with Crippen LogP contribution >= 0.6 is 27.7 Å². The van der Waals surface area contributed by atoms with Crippen molar-refractivity contribution in [1.29, 1.82) is 0 Å². The van der Waals surface area contributed by atoms with Gasteiger partial charge in [-0.25, -0.2) is 0 Å². The molecule has 3 N–H and O–H groups in total. The summed E-state index contributed by atoms with van der Waals surface area (Å²) in [7, 11) is 0. The molecule has 0 fully saturated rings. The molecule has 1 aromatic rings. The largest absolute Gasteiger partial charge is 0.398 e.